The number of pyridine rings is 2. The van der Waals surface area contributed by atoms with Gasteiger partial charge in [-0.05, 0) is 23.8 Å². The molecule has 2 heterocycles. The molecule has 0 saturated heterocycles. The van der Waals surface area contributed by atoms with Gasteiger partial charge in [0, 0.05) is 30.7 Å². The van der Waals surface area contributed by atoms with E-state index in [2.05, 4.69) is 9.97 Å². The van der Waals surface area contributed by atoms with Crippen molar-refractivity contribution in [3.63, 3.8) is 0 Å². The summed E-state index contributed by atoms with van der Waals surface area (Å²) in [6.07, 6.45) is 4.44. The number of hydrogen-bond acceptors (Lipinski definition) is 4. The molecule has 0 spiro atoms. The summed E-state index contributed by atoms with van der Waals surface area (Å²) in [5.74, 6) is 0. The number of halogens is 1. The van der Waals surface area contributed by atoms with Gasteiger partial charge in [-0.1, -0.05) is 11.6 Å². The SMILES string of the molecule is Nc1ccncc1CC(O)c1ccc(Cl)cn1. The van der Waals surface area contributed by atoms with E-state index in [4.69, 9.17) is 17.3 Å². The van der Waals surface area contributed by atoms with Gasteiger partial charge in [0.15, 0.2) is 0 Å². The number of aromatic nitrogens is 2. The average Bonchev–Trinajstić information content (AvgIpc) is 2.33. The van der Waals surface area contributed by atoms with Crippen LogP contribution >= 0.6 is 11.6 Å². The van der Waals surface area contributed by atoms with Crippen molar-refractivity contribution < 1.29 is 5.11 Å². The number of nitrogens with two attached hydrogens (primary N) is 1. The molecule has 3 N–H and O–H groups in total. The van der Waals surface area contributed by atoms with Gasteiger partial charge in [-0.15, -0.1) is 0 Å². The molecule has 0 amide bonds. The number of nitrogens with zero attached hydrogens (tertiary/aromatic N) is 2. The Balaban J connectivity index is 2.14. The van der Waals surface area contributed by atoms with Crippen LogP contribution in [0.2, 0.25) is 5.02 Å². The van der Waals surface area contributed by atoms with Crippen LogP contribution in [-0.4, -0.2) is 15.1 Å². The molecular formula is C12H12ClN3O. The fourth-order valence-corrected chi connectivity index (χ4v) is 1.62. The second-order valence-corrected chi connectivity index (χ2v) is 4.13. The van der Waals surface area contributed by atoms with Crippen molar-refractivity contribution in [1.82, 2.24) is 9.97 Å². The summed E-state index contributed by atoms with van der Waals surface area (Å²) < 4.78 is 0. The van der Waals surface area contributed by atoms with E-state index in [1.54, 1.807) is 30.6 Å². The molecule has 2 aromatic heterocycles. The Bertz CT molecular complexity index is 501. The lowest BCUT2D eigenvalue weighted by atomic mass is 10.1. The van der Waals surface area contributed by atoms with E-state index in [1.165, 1.54) is 6.20 Å². The highest BCUT2D eigenvalue weighted by molar-refractivity contribution is 6.30. The van der Waals surface area contributed by atoms with Gasteiger partial charge in [-0.25, -0.2) is 0 Å². The molecule has 17 heavy (non-hydrogen) atoms. The first-order valence-corrected chi connectivity index (χ1v) is 5.52. The number of hydrogen-bond donors (Lipinski definition) is 2. The average molecular weight is 250 g/mol. The van der Waals surface area contributed by atoms with Crippen LogP contribution in [0.1, 0.15) is 17.4 Å². The number of rotatable bonds is 3. The highest BCUT2D eigenvalue weighted by atomic mass is 35.5. The van der Waals surface area contributed by atoms with Crippen molar-refractivity contribution >= 4 is 17.3 Å². The molecule has 0 aliphatic rings. The van der Waals surface area contributed by atoms with Crippen LogP contribution in [0, 0.1) is 0 Å². The summed E-state index contributed by atoms with van der Waals surface area (Å²) >= 11 is 5.73. The Kier molecular flexibility index (Phi) is 3.56. The van der Waals surface area contributed by atoms with Crippen LogP contribution in [0.15, 0.2) is 36.8 Å². The maximum absolute atomic E-state index is 10.0. The third kappa shape index (κ3) is 2.93. The highest BCUT2D eigenvalue weighted by Crippen LogP contribution is 2.20. The van der Waals surface area contributed by atoms with E-state index in [1.807, 2.05) is 0 Å². The van der Waals surface area contributed by atoms with Crippen molar-refractivity contribution in [2.24, 2.45) is 0 Å². The summed E-state index contributed by atoms with van der Waals surface area (Å²) in [6.45, 7) is 0. The van der Waals surface area contributed by atoms with E-state index in [0.717, 1.165) is 5.56 Å². The van der Waals surface area contributed by atoms with Crippen molar-refractivity contribution in [3.05, 3.63) is 53.1 Å². The second kappa shape index (κ2) is 5.12. The molecule has 0 aliphatic heterocycles. The zero-order valence-electron chi connectivity index (χ0n) is 9.05. The lowest BCUT2D eigenvalue weighted by Gasteiger charge is -2.11. The maximum atomic E-state index is 10.0. The lowest BCUT2D eigenvalue weighted by molar-refractivity contribution is 0.173. The predicted octanol–water partition coefficient (Wildman–Crippen LogP) is 1.99. The molecule has 2 rings (SSSR count). The Morgan fingerprint density at radius 2 is 2.12 bits per heavy atom. The minimum absolute atomic E-state index is 0.383. The zero-order chi connectivity index (χ0) is 12.3. The van der Waals surface area contributed by atoms with E-state index in [9.17, 15) is 5.11 Å². The molecular weight excluding hydrogens is 238 g/mol. The Labute approximate surface area is 104 Å². The van der Waals surface area contributed by atoms with Crippen molar-refractivity contribution in [1.29, 1.82) is 0 Å². The molecule has 0 fully saturated rings. The van der Waals surface area contributed by atoms with E-state index in [-0.39, 0.29) is 0 Å². The number of aliphatic hydroxyl groups excluding tert-OH is 1. The molecule has 2 aromatic rings. The van der Waals surface area contributed by atoms with Crippen LogP contribution < -0.4 is 5.73 Å². The molecule has 4 nitrogen and oxygen atoms in total. The summed E-state index contributed by atoms with van der Waals surface area (Å²) in [6, 6.07) is 5.09. The monoisotopic (exact) mass is 249 g/mol. The first kappa shape index (κ1) is 11.8. The van der Waals surface area contributed by atoms with E-state index >= 15 is 0 Å². The Hall–Kier alpha value is -1.65. The smallest absolute Gasteiger partial charge is 0.100 e. The van der Waals surface area contributed by atoms with Gasteiger partial charge in [0.2, 0.25) is 0 Å². The first-order chi connectivity index (χ1) is 8.16. The van der Waals surface area contributed by atoms with Crippen molar-refractivity contribution in [3.8, 4) is 0 Å². The topological polar surface area (TPSA) is 72.0 Å². The van der Waals surface area contributed by atoms with E-state index < -0.39 is 6.10 Å². The lowest BCUT2D eigenvalue weighted by Crippen LogP contribution is -2.06. The summed E-state index contributed by atoms with van der Waals surface area (Å²) in [5.41, 5.74) is 7.77. The first-order valence-electron chi connectivity index (χ1n) is 5.14. The third-order valence-corrected chi connectivity index (χ3v) is 2.67. The summed E-state index contributed by atoms with van der Waals surface area (Å²) in [7, 11) is 0. The fourth-order valence-electron chi connectivity index (χ4n) is 1.51. The van der Waals surface area contributed by atoms with Gasteiger partial charge in [0.25, 0.3) is 0 Å². The molecule has 1 atom stereocenters. The van der Waals surface area contributed by atoms with E-state index in [0.29, 0.717) is 22.8 Å². The molecule has 0 aromatic carbocycles. The normalized spacial score (nSPS) is 12.4. The minimum atomic E-state index is -0.709. The van der Waals surface area contributed by atoms with Crippen LogP contribution in [0.3, 0.4) is 0 Å². The summed E-state index contributed by atoms with van der Waals surface area (Å²) in [4.78, 5) is 8.03. The largest absolute Gasteiger partial charge is 0.398 e. The van der Waals surface area contributed by atoms with Crippen molar-refractivity contribution in [2.75, 3.05) is 5.73 Å². The zero-order valence-corrected chi connectivity index (χ0v) is 9.80. The molecule has 88 valence electrons. The number of aliphatic hydroxyl groups is 1. The van der Waals surface area contributed by atoms with Gasteiger partial charge in [0.05, 0.1) is 10.7 Å². The van der Waals surface area contributed by atoms with Crippen molar-refractivity contribution in [2.45, 2.75) is 12.5 Å². The number of nitrogen functional groups attached to an aromatic ring is 1. The molecule has 5 heteroatoms. The highest BCUT2D eigenvalue weighted by Gasteiger charge is 2.11. The van der Waals surface area contributed by atoms with Gasteiger partial charge >= 0.3 is 0 Å². The standard InChI is InChI=1S/C12H12ClN3O/c13-9-1-2-11(16-7-9)12(17)5-8-6-15-4-3-10(8)14/h1-4,6-7,12,17H,5H2,(H2,14,15). The third-order valence-electron chi connectivity index (χ3n) is 2.45. The molecule has 0 bridgehead atoms. The Morgan fingerprint density at radius 1 is 1.29 bits per heavy atom. The van der Waals surface area contributed by atoms with Gasteiger partial charge in [-0.3, -0.25) is 9.97 Å². The molecule has 1 unspecified atom stereocenters. The molecule has 0 saturated carbocycles. The quantitative estimate of drug-likeness (QED) is 0.873. The fraction of sp³-hybridized carbons (Fsp3) is 0.167. The van der Waals surface area contributed by atoms with Gasteiger partial charge < -0.3 is 10.8 Å². The van der Waals surface area contributed by atoms with Crippen LogP contribution in [0.5, 0.6) is 0 Å². The van der Waals surface area contributed by atoms with Gasteiger partial charge in [-0.2, -0.15) is 0 Å². The summed E-state index contributed by atoms with van der Waals surface area (Å²) in [5, 5.41) is 10.5. The maximum Gasteiger partial charge on any atom is 0.100 e. The second-order valence-electron chi connectivity index (χ2n) is 3.70. The molecule has 0 radical (unpaired) electrons. The van der Waals surface area contributed by atoms with Crippen LogP contribution in [0.25, 0.3) is 0 Å². The van der Waals surface area contributed by atoms with Crippen LogP contribution in [0.4, 0.5) is 5.69 Å². The Morgan fingerprint density at radius 3 is 2.76 bits per heavy atom. The predicted molar refractivity (Wildman–Crippen MR) is 66.6 cm³/mol. The van der Waals surface area contributed by atoms with Crippen LogP contribution in [-0.2, 0) is 6.42 Å². The molecule has 0 aliphatic carbocycles. The minimum Gasteiger partial charge on any atom is -0.398 e. The van der Waals surface area contributed by atoms with Gasteiger partial charge in [0.1, 0.15) is 6.10 Å². The number of anilines is 1.